The van der Waals surface area contributed by atoms with E-state index in [1.807, 2.05) is 6.07 Å². The molecule has 2 N–H and O–H groups in total. The Hall–Kier alpha value is -1.08. The van der Waals surface area contributed by atoms with Crippen molar-refractivity contribution in [3.8, 4) is 0 Å². The third-order valence-electron chi connectivity index (χ3n) is 2.94. The van der Waals surface area contributed by atoms with E-state index in [0.717, 1.165) is 5.56 Å². The van der Waals surface area contributed by atoms with E-state index in [2.05, 4.69) is 15.9 Å². The molecule has 0 fully saturated rings. The summed E-state index contributed by atoms with van der Waals surface area (Å²) in [5.41, 5.74) is 6.95. The lowest BCUT2D eigenvalue weighted by Crippen LogP contribution is -2.26. The smallest absolute Gasteiger partial charge is 0.244 e. The minimum Gasteiger partial charge on any atom is -0.399 e. The molecule has 0 unspecified atom stereocenters. The minimum atomic E-state index is -3.61. The van der Waals surface area contributed by atoms with Crippen molar-refractivity contribution in [2.75, 3.05) is 12.8 Å². The van der Waals surface area contributed by atoms with Crippen molar-refractivity contribution < 1.29 is 8.42 Å². The van der Waals surface area contributed by atoms with Crippen LogP contribution in [0.15, 0.2) is 51.8 Å². The maximum Gasteiger partial charge on any atom is 0.244 e. The lowest BCUT2D eigenvalue weighted by Gasteiger charge is -2.18. The summed E-state index contributed by atoms with van der Waals surface area (Å²) >= 11 is 9.15. The van der Waals surface area contributed by atoms with Gasteiger partial charge in [-0.1, -0.05) is 23.7 Å². The Morgan fingerprint density at radius 3 is 2.57 bits per heavy atom. The maximum atomic E-state index is 12.6. The second-order valence-corrected chi connectivity index (χ2v) is 7.88. The first-order valence-corrected chi connectivity index (χ1v) is 8.67. The van der Waals surface area contributed by atoms with Crippen LogP contribution in [-0.2, 0) is 16.6 Å². The van der Waals surface area contributed by atoms with E-state index in [1.165, 1.54) is 17.4 Å². The normalized spacial score (nSPS) is 11.8. The van der Waals surface area contributed by atoms with Gasteiger partial charge < -0.3 is 5.73 Å². The standard InChI is InChI=1S/C14H14BrClN2O2S/c1-18(9-10-3-2-4-11(16)7-10)21(19,20)14-6-5-12(17)8-13(14)15/h2-8H,9,17H2,1H3. The highest BCUT2D eigenvalue weighted by atomic mass is 79.9. The highest BCUT2D eigenvalue weighted by molar-refractivity contribution is 9.10. The maximum absolute atomic E-state index is 12.6. The van der Waals surface area contributed by atoms with Crippen LogP contribution in [0.3, 0.4) is 0 Å². The van der Waals surface area contributed by atoms with Gasteiger partial charge in [0, 0.05) is 28.8 Å². The number of hydrogen-bond donors (Lipinski definition) is 1. The molecule has 0 spiro atoms. The van der Waals surface area contributed by atoms with Crippen LogP contribution in [0.4, 0.5) is 5.69 Å². The van der Waals surface area contributed by atoms with Gasteiger partial charge in [-0.25, -0.2) is 8.42 Å². The highest BCUT2D eigenvalue weighted by Gasteiger charge is 2.23. The molecule has 0 saturated carbocycles. The number of nitrogens with two attached hydrogens (primary N) is 1. The largest absolute Gasteiger partial charge is 0.399 e. The third kappa shape index (κ3) is 3.77. The summed E-state index contributed by atoms with van der Waals surface area (Å²) in [6, 6.07) is 11.7. The average Bonchev–Trinajstić information content (AvgIpc) is 2.38. The summed E-state index contributed by atoms with van der Waals surface area (Å²) in [6.45, 7) is 0.236. The van der Waals surface area contributed by atoms with E-state index in [4.69, 9.17) is 17.3 Å². The van der Waals surface area contributed by atoms with Gasteiger partial charge in [0.1, 0.15) is 0 Å². The van der Waals surface area contributed by atoms with E-state index in [-0.39, 0.29) is 11.4 Å². The average molecular weight is 390 g/mol. The minimum absolute atomic E-state index is 0.182. The van der Waals surface area contributed by atoms with Crippen molar-refractivity contribution in [1.82, 2.24) is 4.31 Å². The van der Waals surface area contributed by atoms with Crippen molar-refractivity contribution in [3.63, 3.8) is 0 Å². The molecule has 2 rings (SSSR count). The van der Waals surface area contributed by atoms with Crippen molar-refractivity contribution >= 4 is 43.2 Å². The molecule has 0 heterocycles. The molecule has 4 nitrogen and oxygen atoms in total. The summed E-state index contributed by atoms with van der Waals surface area (Å²) in [5.74, 6) is 0. The molecule has 0 aromatic heterocycles. The molecular weight excluding hydrogens is 376 g/mol. The Morgan fingerprint density at radius 1 is 1.24 bits per heavy atom. The van der Waals surface area contributed by atoms with E-state index in [9.17, 15) is 8.42 Å². The molecule has 2 aromatic rings. The fraction of sp³-hybridized carbons (Fsp3) is 0.143. The first-order valence-electron chi connectivity index (χ1n) is 6.06. The Labute approximate surface area is 137 Å². The summed E-state index contributed by atoms with van der Waals surface area (Å²) in [7, 11) is -2.08. The van der Waals surface area contributed by atoms with Crippen LogP contribution >= 0.6 is 27.5 Å². The lowest BCUT2D eigenvalue weighted by atomic mass is 10.2. The van der Waals surface area contributed by atoms with Crippen molar-refractivity contribution in [2.45, 2.75) is 11.4 Å². The Balaban J connectivity index is 2.30. The predicted octanol–water partition coefficient (Wildman–Crippen LogP) is 3.51. The highest BCUT2D eigenvalue weighted by Crippen LogP contribution is 2.27. The fourth-order valence-electron chi connectivity index (χ4n) is 1.87. The van der Waals surface area contributed by atoms with Crippen LogP contribution in [0.5, 0.6) is 0 Å². The predicted molar refractivity (Wildman–Crippen MR) is 88.7 cm³/mol. The van der Waals surface area contributed by atoms with E-state index in [1.54, 1.807) is 30.3 Å². The molecule has 0 saturated heterocycles. The number of rotatable bonds is 4. The molecule has 0 aliphatic heterocycles. The number of halogens is 2. The van der Waals surface area contributed by atoms with Gasteiger partial charge in [-0.05, 0) is 51.8 Å². The van der Waals surface area contributed by atoms with Crippen molar-refractivity contribution in [2.24, 2.45) is 0 Å². The van der Waals surface area contributed by atoms with E-state index < -0.39 is 10.0 Å². The quantitative estimate of drug-likeness (QED) is 0.814. The number of nitrogens with zero attached hydrogens (tertiary/aromatic N) is 1. The summed E-state index contributed by atoms with van der Waals surface area (Å²) < 4.78 is 26.9. The first-order chi connectivity index (χ1) is 9.80. The molecule has 21 heavy (non-hydrogen) atoms. The zero-order valence-corrected chi connectivity index (χ0v) is 14.4. The van der Waals surface area contributed by atoms with Gasteiger partial charge >= 0.3 is 0 Å². The molecule has 0 atom stereocenters. The van der Waals surface area contributed by atoms with Gasteiger partial charge in [0.25, 0.3) is 0 Å². The fourth-order valence-corrected chi connectivity index (χ4v) is 4.29. The zero-order valence-electron chi connectivity index (χ0n) is 11.3. The topological polar surface area (TPSA) is 63.4 Å². The summed E-state index contributed by atoms with van der Waals surface area (Å²) in [4.78, 5) is 0.182. The zero-order chi connectivity index (χ0) is 15.6. The summed E-state index contributed by atoms with van der Waals surface area (Å²) in [6.07, 6.45) is 0. The van der Waals surface area contributed by atoms with Gasteiger partial charge in [0.15, 0.2) is 0 Å². The number of anilines is 1. The molecule has 2 aromatic carbocycles. The molecular formula is C14H14BrClN2O2S. The van der Waals surface area contributed by atoms with Crippen LogP contribution in [0.25, 0.3) is 0 Å². The van der Waals surface area contributed by atoms with Crippen molar-refractivity contribution in [3.05, 3.63) is 57.5 Å². The molecule has 0 aliphatic rings. The number of sulfonamides is 1. The van der Waals surface area contributed by atoms with Crippen LogP contribution in [0.1, 0.15) is 5.56 Å². The Bertz CT molecular complexity index is 765. The van der Waals surface area contributed by atoms with Crippen molar-refractivity contribution in [1.29, 1.82) is 0 Å². The number of hydrogen-bond acceptors (Lipinski definition) is 3. The van der Waals surface area contributed by atoms with Gasteiger partial charge in [-0.3, -0.25) is 0 Å². The first kappa shape index (κ1) is 16.3. The van der Waals surface area contributed by atoms with Crippen LogP contribution in [0.2, 0.25) is 5.02 Å². The van der Waals surface area contributed by atoms with E-state index >= 15 is 0 Å². The monoisotopic (exact) mass is 388 g/mol. The molecule has 0 amide bonds. The van der Waals surface area contributed by atoms with Gasteiger partial charge in [0.2, 0.25) is 10.0 Å². The van der Waals surface area contributed by atoms with Crippen LogP contribution in [-0.4, -0.2) is 19.8 Å². The lowest BCUT2D eigenvalue weighted by molar-refractivity contribution is 0.466. The molecule has 0 radical (unpaired) electrons. The second kappa shape index (κ2) is 6.36. The molecule has 0 bridgehead atoms. The van der Waals surface area contributed by atoms with E-state index in [0.29, 0.717) is 15.2 Å². The van der Waals surface area contributed by atoms with Gasteiger partial charge in [0.05, 0.1) is 4.90 Å². The van der Waals surface area contributed by atoms with Crippen LogP contribution in [0, 0.1) is 0 Å². The van der Waals surface area contributed by atoms with Gasteiger partial charge in [-0.2, -0.15) is 4.31 Å². The SMILES string of the molecule is CN(Cc1cccc(Cl)c1)S(=O)(=O)c1ccc(N)cc1Br. The Kier molecular flexibility index (Phi) is 4.93. The molecule has 7 heteroatoms. The molecule has 0 aliphatic carbocycles. The third-order valence-corrected chi connectivity index (χ3v) is 5.95. The molecule has 112 valence electrons. The van der Waals surface area contributed by atoms with Crippen LogP contribution < -0.4 is 5.73 Å². The number of nitrogen functional groups attached to an aromatic ring is 1. The van der Waals surface area contributed by atoms with Gasteiger partial charge in [-0.15, -0.1) is 0 Å². The number of benzene rings is 2. The summed E-state index contributed by atoms with van der Waals surface area (Å²) in [5, 5.41) is 0.576. The second-order valence-electron chi connectivity index (χ2n) is 4.58. The Morgan fingerprint density at radius 2 is 1.95 bits per heavy atom.